The van der Waals surface area contributed by atoms with Crippen LogP contribution in [0.1, 0.15) is 11.1 Å². The summed E-state index contributed by atoms with van der Waals surface area (Å²) in [6.07, 6.45) is 0. The fourth-order valence-corrected chi connectivity index (χ4v) is 3.39. The van der Waals surface area contributed by atoms with E-state index in [2.05, 4.69) is 28.5 Å². The second-order valence-electron chi connectivity index (χ2n) is 4.72. The van der Waals surface area contributed by atoms with Crippen molar-refractivity contribution in [2.45, 2.75) is 13.1 Å². The van der Waals surface area contributed by atoms with Crippen LogP contribution in [0.3, 0.4) is 0 Å². The van der Waals surface area contributed by atoms with Gasteiger partial charge >= 0.3 is 0 Å². The largest absolute Gasteiger partial charge is 0.309 e. The highest BCUT2D eigenvalue weighted by Crippen LogP contribution is 2.32. The van der Waals surface area contributed by atoms with Crippen LogP contribution in [0, 0.1) is 5.82 Å². The van der Waals surface area contributed by atoms with Gasteiger partial charge in [0.2, 0.25) is 0 Å². The molecule has 0 saturated carbocycles. The SMILES string of the molecule is Fc1ccc2sc(-c3ccc4c(c3)CNC4)nc2c1. The first kappa shape index (κ1) is 11.1. The molecule has 2 aromatic carbocycles. The third-order valence-electron chi connectivity index (χ3n) is 3.43. The van der Waals surface area contributed by atoms with Gasteiger partial charge in [0.25, 0.3) is 0 Å². The molecule has 0 aliphatic carbocycles. The van der Waals surface area contributed by atoms with Gasteiger partial charge in [-0.25, -0.2) is 9.37 Å². The maximum atomic E-state index is 13.2. The summed E-state index contributed by atoms with van der Waals surface area (Å²) in [6.45, 7) is 1.86. The number of fused-ring (bicyclic) bond motifs is 2. The molecule has 19 heavy (non-hydrogen) atoms. The van der Waals surface area contributed by atoms with Crippen LogP contribution in [0.2, 0.25) is 0 Å². The molecule has 0 spiro atoms. The molecule has 4 rings (SSSR count). The molecule has 2 heterocycles. The van der Waals surface area contributed by atoms with Gasteiger partial charge in [0, 0.05) is 24.7 Å². The molecule has 2 nitrogen and oxygen atoms in total. The number of nitrogens with zero attached hydrogens (tertiary/aromatic N) is 1. The minimum atomic E-state index is -0.234. The fourth-order valence-electron chi connectivity index (χ4n) is 2.45. The number of halogens is 1. The molecule has 1 N–H and O–H groups in total. The molecular formula is C15H11FN2S. The first-order valence-electron chi connectivity index (χ1n) is 6.18. The molecule has 3 aromatic rings. The summed E-state index contributed by atoms with van der Waals surface area (Å²) in [4.78, 5) is 4.53. The Bertz CT molecular complexity index is 779. The van der Waals surface area contributed by atoms with E-state index in [1.165, 1.54) is 23.3 Å². The van der Waals surface area contributed by atoms with E-state index in [0.29, 0.717) is 0 Å². The number of aromatic nitrogens is 1. The molecule has 4 heteroatoms. The van der Waals surface area contributed by atoms with Crippen LogP contribution in [-0.4, -0.2) is 4.98 Å². The first-order chi connectivity index (χ1) is 9.29. The van der Waals surface area contributed by atoms with Gasteiger partial charge in [0.15, 0.2) is 0 Å². The zero-order chi connectivity index (χ0) is 12.8. The van der Waals surface area contributed by atoms with Crippen LogP contribution in [0.4, 0.5) is 4.39 Å². The Morgan fingerprint density at radius 1 is 1.05 bits per heavy atom. The zero-order valence-corrected chi connectivity index (χ0v) is 10.9. The molecule has 0 atom stereocenters. The maximum Gasteiger partial charge on any atom is 0.125 e. The fraction of sp³-hybridized carbons (Fsp3) is 0.133. The highest BCUT2D eigenvalue weighted by Gasteiger charge is 2.13. The molecule has 0 radical (unpaired) electrons. The van der Waals surface area contributed by atoms with E-state index in [0.717, 1.165) is 33.9 Å². The van der Waals surface area contributed by atoms with E-state index < -0.39 is 0 Å². The molecular weight excluding hydrogens is 259 g/mol. The normalized spacial score (nSPS) is 13.9. The molecule has 1 aliphatic rings. The Kier molecular flexibility index (Phi) is 2.40. The Hall–Kier alpha value is -1.78. The Morgan fingerprint density at radius 3 is 2.89 bits per heavy atom. The zero-order valence-electron chi connectivity index (χ0n) is 10.1. The Balaban J connectivity index is 1.85. The van der Waals surface area contributed by atoms with Crippen molar-refractivity contribution in [3.05, 3.63) is 53.3 Å². The van der Waals surface area contributed by atoms with Gasteiger partial charge in [0.05, 0.1) is 10.2 Å². The van der Waals surface area contributed by atoms with Crippen LogP contribution in [-0.2, 0) is 13.1 Å². The number of benzene rings is 2. The molecule has 1 aromatic heterocycles. The lowest BCUT2D eigenvalue weighted by Crippen LogP contribution is -1.99. The molecule has 0 fully saturated rings. The smallest absolute Gasteiger partial charge is 0.125 e. The van der Waals surface area contributed by atoms with Gasteiger partial charge in [-0.2, -0.15) is 0 Å². The van der Waals surface area contributed by atoms with Crippen molar-refractivity contribution in [3.63, 3.8) is 0 Å². The van der Waals surface area contributed by atoms with Crippen molar-refractivity contribution in [1.82, 2.24) is 10.3 Å². The standard InChI is InChI=1S/C15H11FN2S/c16-12-3-4-14-13(6-12)18-15(19-14)9-1-2-10-7-17-8-11(10)5-9/h1-6,17H,7-8H2. The summed E-state index contributed by atoms with van der Waals surface area (Å²) < 4.78 is 14.2. The van der Waals surface area contributed by atoms with E-state index >= 15 is 0 Å². The Labute approximate surface area is 113 Å². The van der Waals surface area contributed by atoms with Crippen molar-refractivity contribution in [2.24, 2.45) is 0 Å². The van der Waals surface area contributed by atoms with Crippen LogP contribution in [0.25, 0.3) is 20.8 Å². The van der Waals surface area contributed by atoms with Crippen molar-refractivity contribution in [3.8, 4) is 10.6 Å². The lowest BCUT2D eigenvalue weighted by Gasteiger charge is -2.00. The van der Waals surface area contributed by atoms with Crippen LogP contribution in [0.5, 0.6) is 0 Å². The third-order valence-corrected chi connectivity index (χ3v) is 4.52. The van der Waals surface area contributed by atoms with E-state index in [1.807, 2.05) is 0 Å². The first-order valence-corrected chi connectivity index (χ1v) is 7.00. The molecule has 94 valence electrons. The van der Waals surface area contributed by atoms with E-state index in [4.69, 9.17) is 0 Å². The van der Waals surface area contributed by atoms with Crippen LogP contribution in [0.15, 0.2) is 36.4 Å². The number of thiazole rings is 1. The van der Waals surface area contributed by atoms with Crippen molar-refractivity contribution in [2.75, 3.05) is 0 Å². The molecule has 0 amide bonds. The second-order valence-corrected chi connectivity index (χ2v) is 5.75. The second kappa shape index (κ2) is 4.11. The number of rotatable bonds is 1. The quantitative estimate of drug-likeness (QED) is 0.729. The minimum Gasteiger partial charge on any atom is -0.309 e. The summed E-state index contributed by atoms with van der Waals surface area (Å²) in [5.74, 6) is -0.234. The highest BCUT2D eigenvalue weighted by molar-refractivity contribution is 7.21. The summed E-state index contributed by atoms with van der Waals surface area (Å²) >= 11 is 1.61. The molecule has 0 saturated heterocycles. The topological polar surface area (TPSA) is 24.9 Å². The molecule has 0 unspecified atom stereocenters. The third kappa shape index (κ3) is 1.84. The summed E-state index contributed by atoms with van der Waals surface area (Å²) in [7, 11) is 0. The number of nitrogens with one attached hydrogen (secondary N) is 1. The average molecular weight is 270 g/mol. The number of hydrogen-bond acceptors (Lipinski definition) is 3. The lowest BCUT2D eigenvalue weighted by atomic mass is 10.1. The maximum absolute atomic E-state index is 13.2. The summed E-state index contributed by atoms with van der Waals surface area (Å²) in [5, 5.41) is 4.29. The highest BCUT2D eigenvalue weighted by atomic mass is 32.1. The van der Waals surface area contributed by atoms with Gasteiger partial charge in [-0.15, -0.1) is 11.3 Å². The summed E-state index contributed by atoms with van der Waals surface area (Å²) in [5.41, 5.74) is 4.54. The van der Waals surface area contributed by atoms with Crippen LogP contribution < -0.4 is 5.32 Å². The monoisotopic (exact) mass is 270 g/mol. The van der Waals surface area contributed by atoms with Crippen molar-refractivity contribution in [1.29, 1.82) is 0 Å². The van der Waals surface area contributed by atoms with Crippen LogP contribution >= 0.6 is 11.3 Å². The van der Waals surface area contributed by atoms with Gasteiger partial charge < -0.3 is 5.32 Å². The average Bonchev–Trinajstić information content (AvgIpc) is 3.02. The lowest BCUT2D eigenvalue weighted by molar-refractivity contribution is 0.629. The predicted octanol–water partition coefficient (Wildman–Crippen LogP) is 3.71. The van der Waals surface area contributed by atoms with E-state index in [1.54, 1.807) is 17.4 Å². The van der Waals surface area contributed by atoms with E-state index in [9.17, 15) is 4.39 Å². The summed E-state index contributed by atoms with van der Waals surface area (Å²) in [6, 6.07) is 11.2. The number of hydrogen-bond donors (Lipinski definition) is 1. The van der Waals surface area contributed by atoms with Gasteiger partial charge in [-0.1, -0.05) is 12.1 Å². The van der Waals surface area contributed by atoms with Gasteiger partial charge in [0.1, 0.15) is 10.8 Å². The minimum absolute atomic E-state index is 0.234. The molecule has 0 bridgehead atoms. The Morgan fingerprint density at radius 2 is 1.95 bits per heavy atom. The molecule has 1 aliphatic heterocycles. The van der Waals surface area contributed by atoms with Crippen molar-refractivity contribution < 1.29 is 4.39 Å². The van der Waals surface area contributed by atoms with Crippen molar-refractivity contribution >= 4 is 21.6 Å². The predicted molar refractivity (Wildman–Crippen MR) is 75.6 cm³/mol. The van der Waals surface area contributed by atoms with Gasteiger partial charge in [-0.05, 0) is 29.3 Å². The van der Waals surface area contributed by atoms with E-state index in [-0.39, 0.29) is 5.82 Å². The van der Waals surface area contributed by atoms with Gasteiger partial charge in [-0.3, -0.25) is 0 Å².